The number of methoxy groups -OCH3 is 1. The Bertz CT molecular complexity index is 1090. The number of hydrogen-bond acceptors (Lipinski definition) is 4. The Morgan fingerprint density at radius 3 is 2.76 bits per heavy atom. The quantitative estimate of drug-likeness (QED) is 0.691. The summed E-state index contributed by atoms with van der Waals surface area (Å²) in [5.74, 6) is -0.181. The number of phenols is 1. The molecule has 2 N–H and O–H groups in total. The highest BCUT2D eigenvalue weighted by Gasteiger charge is 2.33. The smallest absolute Gasteiger partial charge is 0.416 e. The van der Waals surface area contributed by atoms with E-state index in [2.05, 4.69) is 10.3 Å². The minimum atomic E-state index is -4.48. The first-order valence-corrected chi connectivity index (χ1v) is 8.69. The summed E-state index contributed by atoms with van der Waals surface area (Å²) in [6.45, 7) is 0. The average molecular weight is 403 g/mol. The molecule has 0 fully saturated rings. The third-order valence-electron chi connectivity index (χ3n) is 4.83. The number of halogens is 3. The summed E-state index contributed by atoms with van der Waals surface area (Å²) in [6, 6.07) is 9.54. The van der Waals surface area contributed by atoms with Crippen molar-refractivity contribution in [3.05, 3.63) is 65.6 Å². The molecule has 6 nitrogen and oxygen atoms in total. The van der Waals surface area contributed by atoms with Crippen LogP contribution >= 0.6 is 0 Å². The Morgan fingerprint density at radius 2 is 2.03 bits per heavy atom. The Hall–Kier alpha value is -3.49. The van der Waals surface area contributed by atoms with Crippen molar-refractivity contribution in [2.45, 2.75) is 18.5 Å². The fraction of sp³-hybridized carbons (Fsp3) is 0.200. The number of alkyl halides is 3. The lowest BCUT2D eigenvalue weighted by Crippen LogP contribution is -2.25. The van der Waals surface area contributed by atoms with Gasteiger partial charge in [0.1, 0.15) is 12.1 Å². The molecule has 1 aliphatic heterocycles. The number of amides is 1. The highest BCUT2D eigenvalue weighted by atomic mass is 19.4. The average Bonchev–Trinajstić information content (AvgIpc) is 3.11. The van der Waals surface area contributed by atoms with Crippen LogP contribution in [0, 0.1) is 0 Å². The van der Waals surface area contributed by atoms with Gasteiger partial charge >= 0.3 is 6.18 Å². The number of nitrogens with one attached hydrogen (secondary N) is 1. The molecule has 2 aromatic carbocycles. The number of ether oxygens (including phenoxy) is 1. The van der Waals surface area contributed by atoms with Crippen molar-refractivity contribution < 1.29 is 27.8 Å². The number of anilines is 1. The van der Waals surface area contributed by atoms with Crippen LogP contribution in [0.2, 0.25) is 0 Å². The molecule has 150 valence electrons. The molecule has 0 aliphatic carbocycles. The van der Waals surface area contributed by atoms with E-state index in [1.54, 1.807) is 12.1 Å². The maximum absolute atomic E-state index is 13.1. The van der Waals surface area contributed by atoms with Crippen molar-refractivity contribution in [3.8, 4) is 17.2 Å². The number of hydrogen-bond donors (Lipinski definition) is 2. The number of aromatic hydroxyl groups is 1. The summed E-state index contributed by atoms with van der Waals surface area (Å²) in [5.41, 5.74) is 0.664. The Labute approximate surface area is 163 Å². The molecule has 3 aromatic rings. The number of imidazole rings is 1. The van der Waals surface area contributed by atoms with Gasteiger partial charge in [-0.15, -0.1) is 0 Å². The van der Waals surface area contributed by atoms with Gasteiger partial charge in [0.25, 0.3) is 0 Å². The number of phenolic OH excluding ortho intramolecular Hbond substituents is 1. The molecule has 9 heteroatoms. The number of carbonyl (C=O) groups excluding carboxylic acids is 1. The van der Waals surface area contributed by atoms with Gasteiger partial charge in [0, 0.05) is 18.0 Å². The maximum atomic E-state index is 13.1. The normalized spacial score (nSPS) is 16.3. The number of benzene rings is 2. The number of carbonyl (C=O) groups is 1. The van der Waals surface area contributed by atoms with Gasteiger partial charge in [-0.2, -0.15) is 13.2 Å². The second kappa shape index (κ2) is 6.84. The van der Waals surface area contributed by atoms with Crippen molar-refractivity contribution in [2.75, 3.05) is 12.4 Å². The van der Waals surface area contributed by atoms with Crippen LogP contribution in [-0.2, 0) is 11.0 Å². The van der Waals surface area contributed by atoms with Crippen LogP contribution < -0.4 is 10.1 Å². The molecule has 2 heterocycles. The van der Waals surface area contributed by atoms with E-state index >= 15 is 0 Å². The zero-order valence-electron chi connectivity index (χ0n) is 15.2. The minimum Gasteiger partial charge on any atom is -0.504 e. The van der Waals surface area contributed by atoms with Gasteiger partial charge in [-0.05, 0) is 35.9 Å². The maximum Gasteiger partial charge on any atom is 0.416 e. The molecule has 29 heavy (non-hydrogen) atoms. The predicted molar refractivity (Wildman–Crippen MR) is 98.3 cm³/mol. The van der Waals surface area contributed by atoms with Crippen molar-refractivity contribution in [1.29, 1.82) is 0 Å². The van der Waals surface area contributed by atoms with E-state index < -0.39 is 17.7 Å². The molecule has 1 aromatic heterocycles. The Balaban J connectivity index is 1.79. The van der Waals surface area contributed by atoms with E-state index in [9.17, 15) is 23.1 Å². The molecular formula is C20H16F3N3O3. The predicted octanol–water partition coefficient (Wildman–Crippen LogP) is 4.08. The fourth-order valence-corrected chi connectivity index (χ4v) is 3.42. The third-order valence-corrected chi connectivity index (χ3v) is 4.83. The van der Waals surface area contributed by atoms with Crippen LogP contribution in [0.15, 0.2) is 48.8 Å². The second-order valence-electron chi connectivity index (χ2n) is 6.63. The SMILES string of the molecule is COc1cc(C2CC(=O)Nc3c2ncn3-c2cccc(C(F)(F)F)c2)ccc1O. The lowest BCUT2D eigenvalue weighted by Gasteiger charge is -2.24. The molecule has 1 unspecified atom stereocenters. The summed E-state index contributed by atoms with van der Waals surface area (Å²) in [7, 11) is 1.42. The Morgan fingerprint density at radius 1 is 1.24 bits per heavy atom. The summed E-state index contributed by atoms with van der Waals surface area (Å²) >= 11 is 0. The summed E-state index contributed by atoms with van der Waals surface area (Å²) in [6.07, 6.45) is -2.98. The van der Waals surface area contributed by atoms with Crippen LogP contribution in [0.4, 0.5) is 19.0 Å². The highest BCUT2D eigenvalue weighted by molar-refractivity contribution is 5.94. The molecule has 0 spiro atoms. The first-order chi connectivity index (χ1) is 13.8. The topological polar surface area (TPSA) is 76.4 Å². The van der Waals surface area contributed by atoms with Crippen LogP contribution in [0.5, 0.6) is 11.5 Å². The lowest BCUT2D eigenvalue weighted by molar-refractivity contribution is -0.137. The van der Waals surface area contributed by atoms with Crippen LogP contribution in [-0.4, -0.2) is 27.7 Å². The number of aromatic nitrogens is 2. The zero-order chi connectivity index (χ0) is 20.8. The van der Waals surface area contributed by atoms with Gasteiger partial charge in [-0.1, -0.05) is 12.1 Å². The molecule has 1 aliphatic rings. The van der Waals surface area contributed by atoms with E-state index in [4.69, 9.17) is 4.74 Å². The monoisotopic (exact) mass is 403 g/mol. The second-order valence-corrected chi connectivity index (χ2v) is 6.63. The zero-order valence-corrected chi connectivity index (χ0v) is 15.2. The van der Waals surface area contributed by atoms with Gasteiger partial charge in [0.2, 0.25) is 5.91 Å². The number of nitrogens with zero attached hydrogens (tertiary/aromatic N) is 2. The molecule has 0 saturated heterocycles. The first-order valence-electron chi connectivity index (χ1n) is 8.69. The molecule has 1 amide bonds. The lowest BCUT2D eigenvalue weighted by atomic mass is 9.89. The first kappa shape index (κ1) is 18.9. The van der Waals surface area contributed by atoms with Crippen LogP contribution in [0.1, 0.15) is 29.2 Å². The number of fused-ring (bicyclic) bond motifs is 1. The van der Waals surface area contributed by atoms with Crippen molar-refractivity contribution in [3.63, 3.8) is 0 Å². The molecule has 1 atom stereocenters. The van der Waals surface area contributed by atoms with Crippen LogP contribution in [0.25, 0.3) is 5.69 Å². The minimum absolute atomic E-state index is 0.0359. The molecular weight excluding hydrogens is 387 g/mol. The molecule has 0 bridgehead atoms. The highest BCUT2D eigenvalue weighted by Crippen LogP contribution is 2.40. The van der Waals surface area contributed by atoms with Gasteiger partial charge in [-0.25, -0.2) is 4.98 Å². The van der Waals surface area contributed by atoms with Gasteiger partial charge in [0.05, 0.1) is 18.4 Å². The summed E-state index contributed by atoms with van der Waals surface area (Å²) in [5, 5.41) is 12.5. The van der Waals surface area contributed by atoms with Gasteiger partial charge in [-0.3, -0.25) is 9.36 Å². The van der Waals surface area contributed by atoms with Crippen molar-refractivity contribution in [1.82, 2.24) is 9.55 Å². The van der Waals surface area contributed by atoms with E-state index in [0.29, 0.717) is 17.1 Å². The van der Waals surface area contributed by atoms with E-state index in [0.717, 1.165) is 12.1 Å². The largest absolute Gasteiger partial charge is 0.504 e. The molecule has 4 rings (SSSR count). The summed E-state index contributed by atoms with van der Waals surface area (Å²) in [4.78, 5) is 16.7. The standard InChI is InChI=1S/C20H16F3N3O3/c1-29-16-7-11(5-6-15(16)27)14-9-17(28)25-19-18(14)24-10-26(19)13-4-2-3-12(8-13)20(21,22)23/h2-8,10,14,27H,9H2,1H3,(H,25,28). The number of rotatable bonds is 3. The van der Waals surface area contributed by atoms with Crippen molar-refractivity contribution in [2.24, 2.45) is 0 Å². The van der Waals surface area contributed by atoms with Crippen LogP contribution in [0.3, 0.4) is 0 Å². The Kier molecular flexibility index (Phi) is 4.45. The molecule has 0 saturated carbocycles. The molecule has 0 radical (unpaired) electrons. The van der Waals surface area contributed by atoms with E-state index in [-0.39, 0.29) is 29.5 Å². The van der Waals surface area contributed by atoms with Crippen molar-refractivity contribution >= 4 is 11.7 Å². The van der Waals surface area contributed by atoms with E-state index in [1.807, 2.05) is 0 Å². The fourth-order valence-electron chi connectivity index (χ4n) is 3.42. The van der Waals surface area contributed by atoms with Gasteiger partial charge < -0.3 is 15.2 Å². The van der Waals surface area contributed by atoms with Gasteiger partial charge in [0.15, 0.2) is 11.5 Å². The third kappa shape index (κ3) is 3.39. The summed E-state index contributed by atoms with van der Waals surface area (Å²) < 4.78 is 45.8. The van der Waals surface area contributed by atoms with E-state index in [1.165, 1.54) is 36.2 Å².